The largest absolute Gasteiger partial charge is 0.384 e. The predicted molar refractivity (Wildman–Crippen MR) is 51.0 cm³/mol. The van der Waals surface area contributed by atoms with Gasteiger partial charge >= 0.3 is 0 Å². The van der Waals surface area contributed by atoms with Gasteiger partial charge in [-0.1, -0.05) is 12.1 Å². The van der Waals surface area contributed by atoms with E-state index in [9.17, 15) is 9.18 Å². The Morgan fingerprint density at radius 2 is 2.29 bits per heavy atom. The highest BCUT2D eigenvalue weighted by Gasteiger charge is 2.16. The summed E-state index contributed by atoms with van der Waals surface area (Å²) in [6, 6.07) is 6.21. The van der Waals surface area contributed by atoms with Gasteiger partial charge < -0.3 is 5.32 Å². The summed E-state index contributed by atoms with van der Waals surface area (Å²) in [5, 5.41) is 3.02. The first-order valence-corrected chi connectivity index (χ1v) is 4.46. The third-order valence-corrected chi connectivity index (χ3v) is 2.22. The van der Waals surface area contributed by atoms with Crippen molar-refractivity contribution in [2.24, 2.45) is 0 Å². The fourth-order valence-corrected chi connectivity index (χ4v) is 1.52. The summed E-state index contributed by atoms with van der Waals surface area (Å²) in [5.74, 6) is -0.204. The first kappa shape index (κ1) is 8.94. The molecule has 1 aliphatic rings. The molecule has 0 bridgehead atoms. The lowest BCUT2D eigenvalue weighted by Crippen LogP contribution is -2.22. The van der Waals surface area contributed by atoms with Gasteiger partial charge in [-0.05, 0) is 23.8 Å². The molecule has 1 atom stereocenters. The van der Waals surface area contributed by atoms with E-state index in [4.69, 9.17) is 0 Å². The third kappa shape index (κ3) is 1.82. The zero-order valence-electron chi connectivity index (χ0n) is 7.53. The number of carbonyl (C=O) groups excluding carboxylic acids is 1. The highest BCUT2D eigenvalue weighted by molar-refractivity contribution is 5.90. The van der Waals surface area contributed by atoms with Crippen LogP contribution in [0.1, 0.15) is 18.0 Å². The van der Waals surface area contributed by atoms with E-state index in [0.717, 1.165) is 5.56 Å². The molecule has 0 aromatic heterocycles. The summed E-state index contributed by atoms with van der Waals surface area (Å²) < 4.78 is 12.9. The van der Waals surface area contributed by atoms with Gasteiger partial charge in [0.1, 0.15) is 5.82 Å². The summed E-state index contributed by atoms with van der Waals surface area (Å²) >= 11 is 0. The van der Waals surface area contributed by atoms with Crippen LogP contribution in [0.15, 0.2) is 36.5 Å². The van der Waals surface area contributed by atoms with E-state index in [1.807, 2.05) is 6.07 Å². The Morgan fingerprint density at radius 3 is 3.00 bits per heavy atom. The Hall–Kier alpha value is -1.64. The molecule has 2 nitrogen and oxygen atoms in total. The fraction of sp³-hybridized carbons (Fsp3) is 0.182. The fourth-order valence-electron chi connectivity index (χ4n) is 1.52. The number of hydrogen-bond donors (Lipinski definition) is 1. The molecule has 0 aliphatic carbocycles. The van der Waals surface area contributed by atoms with Crippen LogP contribution in [0.2, 0.25) is 0 Å². The molecule has 14 heavy (non-hydrogen) atoms. The molecule has 0 saturated heterocycles. The molecule has 1 aromatic rings. The summed E-state index contributed by atoms with van der Waals surface area (Å²) in [7, 11) is 0. The molecule has 0 saturated carbocycles. The summed E-state index contributed by atoms with van der Waals surface area (Å²) in [4.78, 5) is 11.1. The lowest BCUT2D eigenvalue weighted by Gasteiger charge is -2.19. The second kappa shape index (κ2) is 3.62. The van der Waals surface area contributed by atoms with Crippen molar-refractivity contribution in [2.45, 2.75) is 12.5 Å². The van der Waals surface area contributed by atoms with Crippen molar-refractivity contribution in [3.05, 3.63) is 47.9 Å². The number of benzene rings is 1. The van der Waals surface area contributed by atoms with Crippen LogP contribution in [0.25, 0.3) is 0 Å². The average Bonchev–Trinajstić information content (AvgIpc) is 2.18. The molecule has 72 valence electrons. The number of rotatable bonds is 1. The molecule has 0 fully saturated rings. The lowest BCUT2D eigenvalue weighted by molar-refractivity contribution is -0.115. The van der Waals surface area contributed by atoms with E-state index < -0.39 is 0 Å². The van der Waals surface area contributed by atoms with E-state index in [-0.39, 0.29) is 17.6 Å². The highest BCUT2D eigenvalue weighted by Crippen LogP contribution is 2.20. The van der Waals surface area contributed by atoms with E-state index in [1.165, 1.54) is 18.2 Å². The highest BCUT2D eigenvalue weighted by atomic mass is 19.1. The van der Waals surface area contributed by atoms with Crippen molar-refractivity contribution < 1.29 is 9.18 Å². The van der Waals surface area contributed by atoms with Gasteiger partial charge in [0.25, 0.3) is 0 Å². The van der Waals surface area contributed by atoms with E-state index in [1.54, 1.807) is 12.3 Å². The third-order valence-electron chi connectivity index (χ3n) is 2.22. The first-order chi connectivity index (χ1) is 6.75. The van der Waals surface area contributed by atoms with Gasteiger partial charge in [-0.25, -0.2) is 4.39 Å². The van der Waals surface area contributed by atoms with Crippen LogP contribution in [0.3, 0.4) is 0 Å². The molecule has 0 amide bonds. The van der Waals surface area contributed by atoms with Crippen molar-refractivity contribution in [1.29, 1.82) is 0 Å². The maximum atomic E-state index is 12.9. The van der Waals surface area contributed by atoms with Crippen molar-refractivity contribution in [2.75, 3.05) is 0 Å². The van der Waals surface area contributed by atoms with Gasteiger partial charge in [-0.2, -0.15) is 0 Å². The van der Waals surface area contributed by atoms with Gasteiger partial charge in [0.05, 0.1) is 6.04 Å². The van der Waals surface area contributed by atoms with Crippen LogP contribution in [0, 0.1) is 5.82 Å². The lowest BCUT2D eigenvalue weighted by atomic mass is 9.99. The number of nitrogens with one attached hydrogen (secondary N) is 1. The SMILES string of the molecule is O=C1C=CNC(c2cccc(F)c2)C1. The predicted octanol–water partition coefficient (Wildman–Crippen LogP) is 1.94. The van der Waals surface area contributed by atoms with Crippen molar-refractivity contribution in [1.82, 2.24) is 5.32 Å². The molecular formula is C11H10FNO. The minimum atomic E-state index is -0.272. The molecule has 0 radical (unpaired) electrons. The molecule has 0 spiro atoms. The Kier molecular flexibility index (Phi) is 2.31. The normalized spacial score (nSPS) is 20.6. The maximum absolute atomic E-state index is 12.9. The van der Waals surface area contributed by atoms with E-state index >= 15 is 0 Å². The zero-order valence-corrected chi connectivity index (χ0v) is 7.53. The minimum Gasteiger partial charge on any atom is -0.384 e. The van der Waals surface area contributed by atoms with Crippen LogP contribution >= 0.6 is 0 Å². The van der Waals surface area contributed by atoms with Crippen LogP contribution in [0.5, 0.6) is 0 Å². The van der Waals surface area contributed by atoms with Crippen LogP contribution in [-0.2, 0) is 4.79 Å². The summed E-state index contributed by atoms with van der Waals surface area (Å²) in [5.41, 5.74) is 0.808. The van der Waals surface area contributed by atoms with Crippen molar-refractivity contribution >= 4 is 5.78 Å². The number of halogens is 1. The van der Waals surface area contributed by atoms with Gasteiger partial charge in [-0.3, -0.25) is 4.79 Å². The van der Waals surface area contributed by atoms with Gasteiger partial charge in [0.2, 0.25) is 0 Å². The van der Waals surface area contributed by atoms with Gasteiger partial charge in [0.15, 0.2) is 5.78 Å². The average molecular weight is 191 g/mol. The topological polar surface area (TPSA) is 29.1 Å². The smallest absolute Gasteiger partial charge is 0.159 e. The summed E-state index contributed by atoms with van der Waals surface area (Å²) in [6.45, 7) is 0. The number of ketones is 1. The van der Waals surface area contributed by atoms with Crippen LogP contribution < -0.4 is 5.32 Å². The first-order valence-electron chi connectivity index (χ1n) is 4.46. The molecule has 3 heteroatoms. The summed E-state index contributed by atoms with van der Waals surface area (Å²) in [6.07, 6.45) is 3.50. The molecule has 1 unspecified atom stereocenters. The Bertz CT molecular complexity index is 387. The number of hydrogen-bond acceptors (Lipinski definition) is 2. The van der Waals surface area contributed by atoms with Gasteiger partial charge in [0, 0.05) is 12.6 Å². The monoisotopic (exact) mass is 191 g/mol. The Balaban J connectivity index is 2.23. The second-order valence-electron chi connectivity index (χ2n) is 3.28. The quantitative estimate of drug-likeness (QED) is 0.735. The molecule has 1 aromatic carbocycles. The molecule has 2 rings (SSSR count). The molecule has 1 N–H and O–H groups in total. The number of allylic oxidation sites excluding steroid dienone is 1. The Morgan fingerprint density at radius 1 is 1.43 bits per heavy atom. The number of carbonyl (C=O) groups is 1. The zero-order chi connectivity index (χ0) is 9.97. The second-order valence-corrected chi connectivity index (χ2v) is 3.28. The van der Waals surface area contributed by atoms with Crippen LogP contribution in [0.4, 0.5) is 4.39 Å². The Labute approximate surface area is 81.4 Å². The minimum absolute atomic E-state index is 0.0676. The van der Waals surface area contributed by atoms with E-state index in [2.05, 4.69) is 5.32 Å². The van der Waals surface area contributed by atoms with Gasteiger partial charge in [-0.15, -0.1) is 0 Å². The molecule has 1 aliphatic heterocycles. The maximum Gasteiger partial charge on any atom is 0.159 e. The van der Waals surface area contributed by atoms with Crippen LogP contribution in [-0.4, -0.2) is 5.78 Å². The molecule has 1 heterocycles. The standard InChI is InChI=1S/C11H10FNO/c12-9-3-1-2-8(6-9)11-7-10(14)4-5-13-11/h1-6,11,13H,7H2. The van der Waals surface area contributed by atoms with E-state index in [0.29, 0.717) is 6.42 Å². The van der Waals surface area contributed by atoms with Crippen molar-refractivity contribution in [3.63, 3.8) is 0 Å². The van der Waals surface area contributed by atoms with Crippen molar-refractivity contribution in [3.8, 4) is 0 Å². The molecular weight excluding hydrogens is 181 g/mol.